The van der Waals surface area contributed by atoms with Gasteiger partial charge in [-0.25, -0.2) is 0 Å². The number of halogens is 1. The molecular formula is C23H22BrN3O6. The molecule has 2 aromatic carbocycles. The molecule has 2 aliphatic heterocycles. The fourth-order valence-electron chi connectivity index (χ4n) is 4.16. The number of hydrogen-bond donors (Lipinski definition) is 1. The van der Waals surface area contributed by atoms with Crippen molar-refractivity contribution in [2.45, 2.75) is 6.04 Å². The van der Waals surface area contributed by atoms with Crippen molar-refractivity contribution in [1.29, 1.82) is 0 Å². The molecule has 2 aliphatic rings. The Bertz CT molecular complexity index is 1110. The number of morpholine rings is 1. The zero-order valence-electron chi connectivity index (χ0n) is 17.6. The Morgan fingerprint density at radius 3 is 2.42 bits per heavy atom. The Kier molecular flexibility index (Phi) is 6.87. The molecule has 172 valence electrons. The summed E-state index contributed by atoms with van der Waals surface area (Å²) in [6, 6.07) is 11.5. The number of nitrogens with zero attached hydrogens (tertiary/aromatic N) is 3. The second-order valence-corrected chi connectivity index (χ2v) is 8.68. The zero-order chi connectivity index (χ0) is 23.5. The smallest absolute Gasteiger partial charge is 0.295 e. The number of ketones is 1. The molecule has 2 aromatic rings. The summed E-state index contributed by atoms with van der Waals surface area (Å²) in [5, 5.41) is 22.8. The quantitative estimate of drug-likeness (QED) is 0.206. The maximum atomic E-state index is 13.1. The van der Waals surface area contributed by atoms with Crippen molar-refractivity contribution in [1.82, 2.24) is 9.80 Å². The van der Waals surface area contributed by atoms with Gasteiger partial charge in [-0.15, -0.1) is 0 Å². The Labute approximate surface area is 198 Å². The third-order valence-electron chi connectivity index (χ3n) is 5.85. The number of benzene rings is 2. The second kappa shape index (κ2) is 9.82. The summed E-state index contributed by atoms with van der Waals surface area (Å²) in [7, 11) is 0. The molecule has 10 heteroatoms. The highest BCUT2D eigenvalue weighted by Gasteiger charge is 2.48. The molecule has 0 aromatic heterocycles. The Morgan fingerprint density at radius 1 is 1.09 bits per heavy atom. The van der Waals surface area contributed by atoms with E-state index in [4.69, 9.17) is 4.74 Å². The molecule has 0 saturated carbocycles. The average molecular weight is 516 g/mol. The number of ether oxygens (including phenoxy) is 1. The molecule has 2 heterocycles. The molecule has 0 spiro atoms. The van der Waals surface area contributed by atoms with Crippen molar-refractivity contribution in [3.8, 4) is 0 Å². The van der Waals surface area contributed by atoms with E-state index < -0.39 is 22.7 Å². The third-order valence-corrected chi connectivity index (χ3v) is 6.38. The van der Waals surface area contributed by atoms with Crippen LogP contribution in [0.2, 0.25) is 0 Å². The minimum atomic E-state index is -1.07. The molecule has 1 amide bonds. The first kappa shape index (κ1) is 23.1. The highest BCUT2D eigenvalue weighted by molar-refractivity contribution is 9.10. The van der Waals surface area contributed by atoms with Crippen molar-refractivity contribution in [3.63, 3.8) is 0 Å². The number of hydrogen-bond acceptors (Lipinski definition) is 7. The minimum absolute atomic E-state index is 0.154. The normalized spacial score (nSPS) is 20.9. The summed E-state index contributed by atoms with van der Waals surface area (Å²) >= 11 is 3.33. The number of carbonyl (C=O) groups excluding carboxylic acids is 2. The van der Waals surface area contributed by atoms with Crippen LogP contribution < -0.4 is 0 Å². The number of nitro benzene ring substituents is 1. The predicted octanol–water partition coefficient (Wildman–Crippen LogP) is 3.11. The van der Waals surface area contributed by atoms with Crippen LogP contribution in [0.3, 0.4) is 0 Å². The van der Waals surface area contributed by atoms with E-state index in [-0.39, 0.29) is 29.1 Å². The van der Waals surface area contributed by atoms with Crippen LogP contribution in [0.5, 0.6) is 0 Å². The van der Waals surface area contributed by atoms with Gasteiger partial charge in [0.05, 0.1) is 35.3 Å². The average Bonchev–Trinajstić information content (AvgIpc) is 3.08. The molecule has 2 fully saturated rings. The number of carbonyl (C=O) groups is 2. The number of rotatable bonds is 6. The topological polar surface area (TPSA) is 113 Å². The second-order valence-electron chi connectivity index (χ2n) is 7.77. The van der Waals surface area contributed by atoms with Crippen molar-refractivity contribution in [3.05, 3.63) is 79.8 Å². The van der Waals surface area contributed by atoms with Crippen LogP contribution in [0, 0.1) is 10.1 Å². The number of Topliss-reactive ketones (excluding diaryl/α,β-unsaturated/α-hetero) is 1. The first-order valence-corrected chi connectivity index (χ1v) is 11.3. The van der Waals surface area contributed by atoms with Gasteiger partial charge in [0.2, 0.25) is 0 Å². The van der Waals surface area contributed by atoms with Crippen molar-refractivity contribution < 1.29 is 24.4 Å². The number of likely N-dealkylation sites (tertiary alicyclic amines) is 1. The van der Waals surface area contributed by atoms with Crippen LogP contribution in [0.4, 0.5) is 5.69 Å². The SMILES string of the molecule is O=C1C(=O)N(CCN2CCOCC2)C(c2ccccc2[N+](=O)[O-])C1=C(O)c1ccc(Br)cc1. The summed E-state index contributed by atoms with van der Waals surface area (Å²) in [6.45, 7) is 3.20. The van der Waals surface area contributed by atoms with Crippen LogP contribution in [0.25, 0.3) is 5.76 Å². The van der Waals surface area contributed by atoms with E-state index in [2.05, 4.69) is 20.8 Å². The van der Waals surface area contributed by atoms with Gasteiger partial charge in [0.25, 0.3) is 17.4 Å². The monoisotopic (exact) mass is 515 g/mol. The molecule has 0 bridgehead atoms. The van der Waals surface area contributed by atoms with Gasteiger partial charge in [-0.05, 0) is 18.2 Å². The summed E-state index contributed by atoms with van der Waals surface area (Å²) in [4.78, 5) is 40.8. The Hall–Kier alpha value is -3.08. The van der Waals surface area contributed by atoms with E-state index in [0.29, 0.717) is 38.4 Å². The largest absolute Gasteiger partial charge is 0.507 e. The standard InChI is InChI=1S/C23H22BrN3O6/c24-16-7-5-15(6-8-16)21(28)19-20(17-3-1-2-4-18(17)27(31)32)26(23(30)22(19)29)10-9-25-11-13-33-14-12-25/h1-8,20,28H,9-14H2. The first-order chi connectivity index (χ1) is 15.9. The van der Waals surface area contributed by atoms with Crippen LogP contribution in [-0.4, -0.2) is 70.9 Å². The summed E-state index contributed by atoms with van der Waals surface area (Å²) in [6.07, 6.45) is 0. The lowest BCUT2D eigenvalue weighted by Gasteiger charge is -2.30. The van der Waals surface area contributed by atoms with Gasteiger partial charge in [-0.1, -0.05) is 40.2 Å². The van der Waals surface area contributed by atoms with Gasteiger partial charge in [-0.3, -0.25) is 24.6 Å². The van der Waals surface area contributed by atoms with E-state index in [1.54, 1.807) is 30.3 Å². The maximum absolute atomic E-state index is 13.1. The Balaban J connectivity index is 1.80. The number of amides is 1. The van der Waals surface area contributed by atoms with Gasteiger partial charge in [-0.2, -0.15) is 0 Å². The van der Waals surface area contributed by atoms with E-state index in [1.165, 1.54) is 23.1 Å². The predicted molar refractivity (Wildman–Crippen MR) is 124 cm³/mol. The van der Waals surface area contributed by atoms with E-state index >= 15 is 0 Å². The van der Waals surface area contributed by atoms with Gasteiger partial charge in [0.15, 0.2) is 0 Å². The van der Waals surface area contributed by atoms with Crippen LogP contribution in [-0.2, 0) is 14.3 Å². The van der Waals surface area contributed by atoms with Gasteiger partial charge in [0, 0.05) is 42.3 Å². The molecule has 1 atom stereocenters. The lowest BCUT2D eigenvalue weighted by molar-refractivity contribution is -0.385. The van der Waals surface area contributed by atoms with E-state index in [9.17, 15) is 24.8 Å². The van der Waals surface area contributed by atoms with E-state index in [0.717, 1.165) is 4.47 Å². The van der Waals surface area contributed by atoms with Gasteiger partial charge in [0.1, 0.15) is 5.76 Å². The summed E-state index contributed by atoms with van der Waals surface area (Å²) in [5.41, 5.74) is 0.149. The number of nitro groups is 1. The lowest BCUT2D eigenvalue weighted by atomic mass is 9.94. The molecule has 0 aliphatic carbocycles. The van der Waals surface area contributed by atoms with E-state index in [1.807, 2.05) is 0 Å². The number of aliphatic hydroxyl groups excluding tert-OH is 1. The van der Waals surface area contributed by atoms with Crippen LogP contribution >= 0.6 is 15.9 Å². The van der Waals surface area contributed by atoms with Crippen molar-refractivity contribution >= 4 is 39.1 Å². The molecule has 2 saturated heterocycles. The van der Waals surface area contributed by atoms with Crippen LogP contribution in [0.15, 0.2) is 58.6 Å². The molecule has 9 nitrogen and oxygen atoms in total. The molecule has 0 radical (unpaired) electrons. The lowest BCUT2D eigenvalue weighted by Crippen LogP contribution is -2.42. The number of aliphatic hydroxyl groups is 1. The Morgan fingerprint density at radius 2 is 1.76 bits per heavy atom. The van der Waals surface area contributed by atoms with Crippen LogP contribution in [0.1, 0.15) is 17.2 Å². The zero-order valence-corrected chi connectivity index (χ0v) is 19.2. The van der Waals surface area contributed by atoms with Gasteiger partial charge >= 0.3 is 0 Å². The minimum Gasteiger partial charge on any atom is -0.507 e. The fourth-order valence-corrected chi connectivity index (χ4v) is 4.42. The fraction of sp³-hybridized carbons (Fsp3) is 0.304. The van der Waals surface area contributed by atoms with Crippen molar-refractivity contribution in [2.75, 3.05) is 39.4 Å². The molecule has 4 rings (SSSR count). The molecular weight excluding hydrogens is 494 g/mol. The first-order valence-electron chi connectivity index (χ1n) is 10.5. The van der Waals surface area contributed by atoms with Gasteiger partial charge < -0.3 is 14.7 Å². The molecule has 1 N–H and O–H groups in total. The molecule has 1 unspecified atom stereocenters. The highest BCUT2D eigenvalue weighted by atomic mass is 79.9. The summed E-state index contributed by atoms with van der Waals surface area (Å²) in [5.74, 6) is -2.01. The third kappa shape index (κ3) is 4.68. The summed E-state index contributed by atoms with van der Waals surface area (Å²) < 4.78 is 6.13. The van der Waals surface area contributed by atoms with Crippen molar-refractivity contribution in [2.24, 2.45) is 0 Å². The number of para-hydroxylation sites is 1. The maximum Gasteiger partial charge on any atom is 0.295 e. The highest BCUT2D eigenvalue weighted by Crippen LogP contribution is 2.42. The molecule has 33 heavy (non-hydrogen) atoms.